The van der Waals surface area contributed by atoms with Gasteiger partial charge in [-0.3, -0.25) is 9.78 Å². The fourth-order valence-electron chi connectivity index (χ4n) is 3.59. The molecule has 4 aromatic rings. The Kier molecular flexibility index (Phi) is 8.07. The second-order valence-corrected chi connectivity index (χ2v) is 8.85. The Morgan fingerprint density at radius 2 is 1.74 bits per heavy atom. The van der Waals surface area contributed by atoms with Crippen LogP contribution in [0.5, 0.6) is 0 Å². The molecular formula is C28H26BrN3O2. The van der Waals surface area contributed by atoms with Crippen LogP contribution >= 0.6 is 15.9 Å². The number of ether oxygens (including phenoxy) is 1. The minimum atomic E-state index is -0.190. The minimum Gasteiger partial charge on any atom is -0.353 e. The van der Waals surface area contributed by atoms with Crippen LogP contribution in [0.25, 0.3) is 0 Å². The molecule has 1 amide bonds. The topological polar surface area (TPSA) is 54.5 Å². The summed E-state index contributed by atoms with van der Waals surface area (Å²) in [4.78, 5) is 18.7. The zero-order valence-corrected chi connectivity index (χ0v) is 20.5. The van der Waals surface area contributed by atoms with Crippen molar-refractivity contribution in [1.82, 2.24) is 4.98 Å². The van der Waals surface area contributed by atoms with Crippen molar-refractivity contribution in [3.63, 3.8) is 0 Å². The number of hydrogen-bond donors (Lipinski definition) is 1. The van der Waals surface area contributed by atoms with Crippen molar-refractivity contribution in [2.45, 2.75) is 19.3 Å². The number of benzene rings is 3. The Balaban J connectivity index is 1.48. The van der Waals surface area contributed by atoms with Gasteiger partial charge < -0.3 is 15.0 Å². The number of anilines is 2. The fourth-order valence-corrected chi connectivity index (χ4v) is 4.04. The maximum absolute atomic E-state index is 12.6. The maximum atomic E-state index is 12.6. The number of nitrogens with one attached hydrogen (secondary N) is 1. The Morgan fingerprint density at radius 1 is 0.971 bits per heavy atom. The van der Waals surface area contributed by atoms with E-state index in [0.717, 1.165) is 15.7 Å². The molecule has 5 nitrogen and oxygen atoms in total. The summed E-state index contributed by atoms with van der Waals surface area (Å²) in [7, 11) is 2.01. The van der Waals surface area contributed by atoms with Gasteiger partial charge in [0.1, 0.15) is 6.23 Å². The van der Waals surface area contributed by atoms with E-state index in [4.69, 9.17) is 4.74 Å². The van der Waals surface area contributed by atoms with E-state index in [9.17, 15) is 4.79 Å². The lowest BCUT2D eigenvalue weighted by atomic mass is 10.1. The van der Waals surface area contributed by atoms with E-state index in [-0.39, 0.29) is 12.1 Å². The van der Waals surface area contributed by atoms with Crippen molar-refractivity contribution in [1.29, 1.82) is 0 Å². The molecule has 0 aliphatic rings. The van der Waals surface area contributed by atoms with Crippen molar-refractivity contribution in [3.05, 3.63) is 125 Å². The minimum absolute atomic E-state index is 0.173. The highest BCUT2D eigenvalue weighted by Gasteiger charge is 2.18. The number of carbonyl (C=O) groups excluding carboxylic acids is 1. The molecule has 6 heteroatoms. The van der Waals surface area contributed by atoms with E-state index >= 15 is 0 Å². The highest BCUT2D eigenvalue weighted by Crippen LogP contribution is 2.22. The number of nitrogens with zero attached hydrogens (tertiary/aromatic N) is 2. The first-order valence-electron chi connectivity index (χ1n) is 11.0. The number of amides is 1. The first-order chi connectivity index (χ1) is 16.6. The molecule has 0 saturated heterocycles. The van der Waals surface area contributed by atoms with Crippen molar-refractivity contribution >= 4 is 33.2 Å². The number of carbonyl (C=O) groups is 1. The molecule has 0 aliphatic carbocycles. The lowest BCUT2D eigenvalue weighted by Gasteiger charge is -2.30. The zero-order chi connectivity index (χ0) is 23.8. The van der Waals surface area contributed by atoms with Gasteiger partial charge in [-0.25, -0.2) is 0 Å². The van der Waals surface area contributed by atoms with Gasteiger partial charge in [0, 0.05) is 35.4 Å². The highest BCUT2D eigenvalue weighted by atomic mass is 79.9. The van der Waals surface area contributed by atoms with Crippen LogP contribution < -0.4 is 10.2 Å². The summed E-state index contributed by atoms with van der Waals surface area (Å²) < 4.78 is 7.41. The van der Waals surface area contributed by atoms with E-state index in [1.165, 1.54) is 5.56 Å². The second-order valence-electron chi connectivity index (χ2n) is 7.94. The number of hydrogen-bond acceptors (Lipinski definition) is 4. The largest absolute Gasteiger partial charge is 0.353 e. The molecule has 4 rings (SSSR count). The monoisotopic (exact) mass is 515 g/mol. The fraction of sp³-hybridized carbons (Fsp3) is 0.143. The van der Waals surface area contributed by atoms with Gasteiger partial charge in [-0.15, -0.1) is 0 Å². The van der Waals surface area contributed by atoms with Crippen LogP contribution in [-0.2, 0) is 17.8 Å². The first-order valence-corrected chi connectivity index (χ1v) is 11.8. The SMILES string of the molecule is CN(c1ccc(C(=O)Nc2cccnc2)cc1)C(Cc1cccc(Br)c1)OCc1ccccc1. The third-order valence-corrected chi connectivity index (χ3v) is 5.97. The van der Waals surface area contributed by atoms with Crippen LogP contribution in [0.1, 0.15) is 21.5 Å². The molecule has 1 aromatic heterocycles. The van der Waals surface area contributed by atoms with Gasteiger partial charge in [0.15, 0.2) is 0 Å². The lowest BCUT2D eigenvalue weighted by molar-refractivity contribution is 0.0417. The normalized spacial score (nSPS) is 11.6. The second kappa shape index (κ2) is 11.6. The van der Waals surface area contributed by atoms with Crippen LogP contribution in [0.4, 0.5) is 11.4 Å². The molecule has 34 heavy (non-hydrogen) atoms. The van der Waals surface area contributed by atoms with Crippen LogP contribution in [0.15, 0.2) is 108 Å². The Bertz CT molecular complexity index is 1200. The quantitative estimate of drug-likeness (QED) is 0.265. The summed E-state index contributed by atoms with van der Waals surface area (Å²) in [5.41, 5.74) is 4.50. The standard InChI is InChI=1S/C28H26BrN3O2/c1-32(26-14-12-23(13-15-26)28(33)31-25-11-6-16-30-19-25)27(18-22-9-5-10-24(29)17-22)34-20-21-7-3-2-4-8-21/h2-17,19,27H,18,20H2,1H3,(H,31,33). The molecule has 0 radical (unpaired) electrons. The van der Waals surface area contributed by atoms with Gasteiger partial charge in [-0.2, -0.15) is 0 Å². The van der Waals surface area contributed by atoms with Gasteiger partial charge in [-0.1, -0.05) is 58.4 Å². The molecule has 0 aliphatic heterocycles. The molecule has 1 N–H and O–H groups in total. The van der Waals surface area contributed by atoms with Gasteiger partial charge in [-0.05, 0) is 59.7 Å². The summed E-state index contributed by atoms with van der Waals surface area (Å²) in [6, 6.07) is 29.5. The molecule has 3 aromatic carbocycles. The third kappa shape index (κ3) is 6.53. The van der Waals surface area contributed by atoms with E-state index in [1.54, 1.807) is 18.5 Å². The lowest BCUT2D eigenvalue weighted by Crippen LogP contribution is -2.36. The number of aromatic nitrogens is 1. The highest BCUT2D eigenvalue weighted by molar-refractivity contribution is 9.10. The maximum Gasteiger partial charge on any atom is 0.255 e. The average molecular weight is 516 g/mol. The summed E-state index contributed by atoms with van der Waals surface area (Å²) in [6.45, 7) is 0.509. The van der Waals surface area contributed by atoms with Gasteiger partial charge >= 0.3 is 0 Å². The van der Waals surface area contributed by atoms with Crippen molar-refractivity contribution < 1.29 is 9.53 Å². The number of halogens is 1. The Morgan fingerprint density at radius 3 is 2.44 bits per heavy atom. The van der Waals surface area contributed by atoms with Crippen molar-refractivity contribution in [2.75, 3.05) is 17.3 Å². The predicted octanol–water partition coefficient (Wildman–Crippen LogP) is 6.32. The van der Waals surface area contributed by atoms with E-state index in [1.807, 2.05) is 67.7 Å². The summed E-state index contributed by atoms with van der Waals surface area (Å²) in [5.74, 6) is -0.173. The van der Waals surface area contributed by atoms with Crippen LogP contribution in [0, 0.1) is 0 Å². The van der Waals surface area contributed by atoms with Crippen molar-refractivity contribution in [3.8, 4) is 0 Å². The molecule has 1 unspecified atom stereocenters. The molecule has 172 valence electrons. The molecule has 1 atom stereocenters. The predicted molar refractivity (Wildman–Crippen MR) is 140 cm³/mol. The molecular weight excluding hydrogens is 490 g/mol. The average Bonchev–Trinajstić information content (AvgIpc) is 2.87. The Labute approximate surface area is 208 Å². The molecule has 0 spiro atoms. The van der Waals surface area contributed by atoms with Gasteiger partial charge in [0.25, 0.3) is 5.91 Å². The molecule has 1 heterocycles. The van der Waals surface area contributed by atoms with Gasteiger partial charge in [0.05, 0.1) is 18.5 Å². The van der Waals surface area contributed by atoms with Crippen LogP contribution in [0.2, 0.25) is 0 Å². The van der Waals surface area contributed by atoms with Crippen LogP contribution in [-0.4, -0.2) is 24.2 Å². The number of pyridine rings is 1. The zero-order valence-electron chi connectivity index (χ0n) is 18.9. The smallest absolute Gasteiger partial charge is 0.255 e. The summed E-state index contributed by atoms with van der Waals surface area (Å²) in [5, 5.41) is 2.86. The summed E-state index contributed by atoms with van der Waals surface area (Å²) >= 11 is 3.56. The van der Waals surface area contributed by atoms with E-state index < -0.39 is 0 Å². The van der Waals surface area contributed by atoms with E-state index in [2.05, 4.69) is 55.4 Å². The van der Waals surface area contributed by atoms with Gasteiger partial charge in [0.2, 0.25) is 0 Å². The summed E-state index contributed by atoms with van der Waals surface area (Å²) in [6.07, 6.45) is 3.82. The molecule has 0 saturated carbocycles. The van der Waals surface area contributed by atoms with Crippen molar-refractivity contribution in [2.24, 2.45) is 0 Å². The first kappa shape index (κ1) is 23.7. The van der Waals surface area contributed by atoms with E-state index in [0.29, 0.717) is 24.3 Å². The molecule has 0 bridgehead atoms. The number of likely N-dealkylation sites (N-methyl/N-ethyl adjacent to an activating group) is 1. The Hall–Kier alpha value is -3.48. The van der Waals surface area contributed by atoms with Crippen LogP contribution in [0.3, 0.4) is 0 Å². The third-order valence-electron chi connectivity index (χ3n) is 5.47. The molecule has 0 fully saturated rings. The number of rotatable bonds is 9.